The fraction of sp³-hybridized carbons (Fsp3) is 0.692. The fourth-order valence-corrected chi connectivity index (χ4v) is 2.26. The summed E-state index contributed by atoms with van der Waals surface area (Å²) < 4.78 is 5.53. The van der Waals surface area contributed by atoms with Crippen molar-refractivity contribution in [1.29, 1.82) is 0 Å². The second-order valence-corrected chi connectivity index (χ2v) is 5.19. The number of anilines is 2. The van der Waals surface area contributed by atoms with Crippen LogP contribution in [-0.2, 0) is 11.2 Å². The van der Waals surface area contributed by atoms with Crippen molar-refractivity contribution >= 4 is 11.6 Å². The van der Waals surface area contributed by atoms with E-state index in [1.54, 1.807) is 6.07 Å². The summed E-state index contributed by atoms with van der Waals surface area (Å²) in [6.07, 6.45) is 4.03. The summed E-state index contributed by atoms with van der Waals surface area (Å²) in [5.41, 5.74) is 5.76. The number of rotatable bonds is 4. The van der Waals surface area contributed by atoms with E-state index in [1.807, 2.05) is 0 Å². The zero-order valence-electron chi connectivity index (χ0n) is 11.2. The van der Waals surface area contributed by atoms with Gasteiger partial charge in [-0.15, -0.1) is 0 Å². The van der Waals surface area contributed by atoms with E-state index in [4.69, 9.17) is 10.5 Å². The molecule has 3 N–H and O–H groups in total. The Kier molecular flexibility index (Phi) is 4.01. The van der Waals surface area contributed by atoms with Gasteiger partial charge in [0.2, 0.25) is 0 Å². The number of hydrogen-bond acceptors (Lipinski definition) is 5. The van der Waals surface area contributed by atoms with Crippen LogP contribution in [0.15, 0.2) is 6.07 Å². The third-order valence-corrected chi connectivity index (χ3v) is 3.13. The lowest BCUT2D eigenvalue weighted by Gasteiger charge is -2.34. The summed E-state index contributed by atoms with van der Waals surface area (Å²) in [4.78, 5) is 8.74. The Labute approximate surface area is 108 Å². The molecule has 1 fully saturated rings. The summed E-state index contributed by atoms with van der Waals surface area (Å²) in [6, 6.07) is 1.79. The fourth-order valence-electron chi connectivity index (χ4n) is 2.26. The Bertz CT molecular complexity index is 402. The zero-order valence-corrected chi connectivity index (χ0v) is 11.2. The number of nitrogen functional groups attached to an aromatic ring is 1. The number of nitrogens with one attached hydrogen (secondary N) is 1. The van der Waals surface area contributed by atoms with Crippen molar-refractivity contribution in [2.45, 2.75) is 45.1 Å². The van der Waals surface area contributed by atoms with E-state index >= 15 is 0 Å². The van der Waals surface area contributed by atoms with Crippen molar-refractivity contribution in [2.24, 2.45) is 0 Å². The molecule has 1 atom stereocenters. The largest absolute Gasteiger partial charge is 0.384 e. The second-order valence-electron chi connectivity index (χ2n) is 5.19. The highest BCUT2D eigenvalue weighted by molar-refractivity contribution is 5.46. The van der Waals surface area contributed by atoms with Crippen molar-refractivity contribution in [1.82, 2.24) is 9.97 Å². The molecular formula is C13H22N4O. The van der Waals surface area contributed by atoms with Gasteiger partial charge in [0.05, 0.1) is 12.1 Å². The van der Waals surface area contributed by atoms with Gasteiger partial charge >= 0.3 is 0 Å². The van der Waals surface area contributed by atoms with Crippen molar-refractivity contribution < 1.29 is 4.74 Å². The van der Waals surface area contributed by atoms with Crippen LogP contribution in [0.4, 0.5) is 11.6 Å². The highest BCUT2D eigenvalue weighted by atomic mass is 16.5. The van der Waals surface area contributed by atoms with Crippen LogP contribution in [0, 0.1) is 0 Å². The first-order valence-corrected chi connectivity index (χ1v) is 6.61. The molecule has 0 aromatic carbocycles. The molecule has 0 spiro atoms. The van der Waals surface area contributed by atoms with Gasteiger partial charge in [0.15, 0.2) is 0 Å². The van der Waals surface area contributed by atoms with Crippen molar-refractivity contribution in [3.05, 3.63) is 11.9 Å². The van der Waals surface area contributed by atoms with E-state index in [1.165, 1.54) is 0 Å². The molecule has 1 aromatic heterocycles. The Balaban J connectivity index is 2.12. The van der Waals surface area contributed by atoms with Gasteiger partial charge in [-0.25, -0.2) is 9.97 Å². The standard InChI is InChI=1S/C13H22N4O/c1-3-5-11-15-10(14)8-12(16-11)17-13(2)6-4-7-18-9-13/h8H,3-7,9H2,1-2H3,(H3,14,15,16,17). The number of nitrogens with zero attached hydrogens (tertiary/aromatic N) is 2. The molecule has 0 saturated carbocycles. The van der Waals surface area contributed by atoms with Gasteiger partial charge in [0.1, 0.15) is 17.5 Å². The number of aryl methyl sites for hydroxylation is 1. The molecule has 0 bridgehead atoms. The van der Waals surface area contributed by atoms with E-state index in [2.05, 4.69) is 29.1 Å². The maximum Gasteiger partial charge on any atom is 0.133 e. The molecule has 0 aliphatic carbocycles. The van der Waals surface area contributed by atoms with Crippen LogP contribution in [0.25, 0.3) is 0 Å². The summed E-state index contributed by atoms with van der Waals surface area (Å²) in [5.74, 6) is 2.13. The smallest absolute Gasteiger partial charge is 0.133 e. The Morgan fingerprint density at radius 3 is 3.00 bits per heavy atom. The van der Waals surface area contributed by atoms with Crippen molar-refractivity contribution in [3.63, 3.8) is 0 Å². The Morgan fingerprint density at radius 2 is 2.33 bits per heavy atom. The summed E-state index contributed by atoms with van der Waals surface area (Å²) >= 11 is 0. The predicted molar refractivity (Wildman–Crippen MR) is 72.5 cm³/mol. The highest BCUT2D eigenvalue weighted by Gasteiger charge is 2.27. The zero-order chi connectivity index (χ0) is 13.0. The third-order valence-electron chi connectivity index (χ3n) is 3.13. The van der Waals surface area contributed by atoms with E-state index in [0.717, 1.165) is 43.9 Å². The number of hydrogen-bond donors (Lipinski definition) is 2. The van der Waals surface area contributed by atoms with Crippen LogP contribution in [0.2, 0.25) is 0 Å². The summed E-state index contributed by atoms with van der Waals surface area (Å²) in [6.45, 7) is 5.82. The average molecular weight is 250 g/mol. The van der Waals surface area contributed by atoms with Crippen LogP contribution in [0.1, 0.15) is 38.9 Å². The van der Waals surface area contributed by atoms with Crippen LogP contribution >= 0.6 is 0 Å². The second kappa shape index (κ2) is 5.52. The van der Waals surface area contributed by atoms with Gasteiger partial charge in [0.25, 0.3) is 0 Å². The molecule has 1 aliphatic heterocycles. The van der Waals surface area contributed by atoms with Crippen LogP contribution in [0.3, 0.4) is 0 Å². The summed E-state index contributed by atoms with van der Waals surface area (Å²) in [7, 11) is 0. The lowest BCUT2D eigenvalue weighted by Crippen LogP contribution is -2.43. The van der Waals surface area contributed by atoms with Gasteiger partial charge in [-0.2, -0.15) is 0 Å². The number of nitrogens with two attached hydrogens (primary N) is 1. The minimum absolute atomic E-state index is 0.0530. The minimum atomic E-state index is -0.0530. The SMILES string of the molecule is CCCc1nc(N)cc(NC2(C)CCCOC2)n1. The van der Waals surface area contributed by atoms with Crippen molar-refractivity contribution in [3.8, 4) is 0 Å². The van der Waals surface area contributed by atoms with E-state index in [9.17, 15) is 0 Å². The molecule has 1 aromatic rings. The molecule has 0 amide bonds. The minimum Gasteiger partial charge on any atom is -0.384 e. The Morgan fingerprint density at radius 1 is 1.50 bits per heavy atom. The molecule has 1 unspecified atom stereocenters. The molecule has 1 saturated heterocycles. The molecule has 2 rings (SSSR count). The van der Waals surface area contributed by atoms with Crippen LogP contribution in [0.5, 0.6) is 0 Å². The number of ether oxygens (including phenoxy) is 1. The molecular weight excluding hydrogens is 228 g/mol. The molecule has 2 heterocycles. The summed E-state index contributed by atoms with van der Waals surface area (Å²) in [5, 5.41) is 3.44. The lowest BCUT2D eigenvalue weighted by atomic mass is 9.95. The Hall–Kier alpha value is -1.36. The molecule has 5 heteroatoms. The average Bonchev–Trinajstić information content (AvgIpc) is 2.28. The highest BCUT2D eigenvalue weighted by Crippen LogP contribution is 2.23. The lowest BCUT2D eigenvalue weighted by molar-refractivity contribution is 0.0539. The molecule has 1 aliphatic rings. The maximum atomic E-state index is 5.82. The predicted octanol–water partition coefficient (Wildman–Crippen LogP) is 1.99. The van der Waals surface area contributed by atoms with Gasteiger partial charge in [-0.05, 0) is 26.2 Å². The molecule has 100 valence electrons. The van der Waals surface area contributed by atoms with Gasteiger partial charge in [0, 0.05) is 19.1 Å². The van der Waals surface area contributed by atoms with E-state index in [0.29, 0.717) is 12.4 Å². The maximum absolute atomic E-state index is 5.82. The van der Waals surface area contributed by atoms with Crippen LogP contribution < -0.4 is 11.1 Å². The topological polar surface area (TPSA) is 73.1 Å². The quantitative estimate of drug-likeness (QED) is 0.855. The monoisotopic (exact) mass is 250 g/mol. The molecule has 18 heavy (non-hydrogen) atoms. The van der Waals surface area contributed by atoms with E-state index < -0.39 is 0 Å². The molecule has 5 nitrogen and oxygen atoms in total. The van der Waals surface area contributed by atoms with E-state index in [-0.39, 0.29) is 5.54 Å². The normalized spacial score (nSPS) is 23.9. The van der Waals surface area contributed by atoms with Crippen LogP contribution in [-0.4, -0.2) is 28.7 Å². The third kappa shape index (κ3) is 3.32. The van der Waals surface area contributed by atoms with Gasteiger partial charge in [-0.1, -0.05) is 6.92 Å². The van der Waals surface area contributed by atoms with Gasteiger partial charge in [-0.3, -0.25) is 0 Å². The number of aromatic nitrogens is 2. The first-order chi connectivity index (χ1) is 8.61. The van der Waals surface area contributed by atoms with Gasteiger partial charge < -0.3 is 15.8 Å². The molecule has 0 radical (unpaired) electrons. The van der Waals surface area contributed by atoms with Crippen molar-refractivity contribution in [2.75, 3.05) is 24.3 Å². The first kappa shape index (κ1) is 13.1. The first-order valence-electron chi connectivity index (χ1n) is 6.61.